The van der Waals surface area contributed by atoms with Crippen LogP contribution in [0.3, 0.4) is 0 Å². The van der Waals surface area contributed by atoms with E-state index < -0.39 is 0 Å². The number of methoxy groups -OCH3 is 1. The molecule has 0 fully saturated rings. The molecule has 0 aliphatic rings. The lowest BCUT2D eigenvalue weighted by Crippen LogP contribution is -2.17. The fourth-order valence-electron chi connectivity index (χ4n) is 2.89. The summed E-state index contributed by atoms with van der Waals surface area (Å²) in [5.41, 5.74) is 2.21. The van der Waals surface area contributed by atoms with Crippen LogP contribution in [-0.2, 0) is 11.3 Å². The van der Waals surface area contributed by atoms with Gasteiger partial charge in [0.2, 0.25) is 5.91 Å². The van der Waals surface area contributed by atoms with Crippen LogP contribution in [0.15, 0.2) is 52.4 Å². The number of aromatic nitrogens is 1. The number of carbonyl (C=O) groups is 1. The summed E-state index contributed by atoms with van der Waals surface area (Å²) in [6.07, 6.45) is 1.39. The molecule has 4 nitrogen and oxygen atoms in total. The van der Waals surface area contributed by atoms with Crippen LogP contribution in [0.25, 0.3) is 10.2 Å². The molecule has 0 radical (unpaired) electrons. The molecule has 1 heterocycles. The molecule has 0 saturated carbocycles. The van der Waals surface area contributed by atoms with Gasteiger partial charge < -0.3 is 9.30 Å². The van der Waals surface area contributed by atoms with E-state index in [0.717, 1.165) is 39.5 Å². The van der Waals surface area contributed by atoms with Crippen LogP contribution in [0, 0.1) is 6.92 Å². The monoisotopic (exact) mass is 400 g/mol. The highest BCUT2D eigenvalue weighted by atomic mass is 32.2. The van der Waals surface area contributed by atoms with Gasteiger partial charge in [-0.15, -0.1) is 11.8 Å². The minimum Gasteiger partial charge on any atom is -0.495 e. The summed E-state index contributed by atoms with van der Waals surface area (Å²) in [6.45, 7) is 5.02. The normalized spacial score (nSPS) is 11.9. The highest BCUT2D eigenvalue weighted by Crippen LogP contribution is 2.30. The largest absolute Gasteiger partial charge is 0.495 e. The minimum absolute atomic E-state index is 0.0774. The topological polar surface area (TPSA) is 43.6 Å². The van der Waals surface area contributed by atoms with Crippen LogP contribution in [0.2, 0.25) is 0 Å². The fraction of sp³-hybridized carbons (Fsp3) is 0.333. The van der Waals surface area contributed by atoms with Crippen LogP contribution in [0.4, 0.5) is 0 Å². The third kappa shape index (κ3) is 4.62. The Bertz CT molecular complexity index is 991. The molecule has 3 rings (SSSR count). The first kappa shape index (κ1) is 19.7. The van der Waals surface area contributed by atoms with E-state index in [2.05, 4.69) is 41.6 Å². The van der Waals surface area contributed by atoms with Crippen LogP contribution in [0.1, 0.15) is 25.3 Å². The first-order valence-electron chi connectivity index (χ1n) is 9.06. The number of aryl methyl sites for hydroxylation is 2. The van der Waals surface area contributed by atoms with E-state index in [0.29, 0.717) is 6.42 Å². The second kappa shape index (κ2) is 9.24. The number of hydrogen-bond donors (Lipinski definition) is 0. The van der Waals surface area contributed by atoms with Gasteiger partial charge in [0, 0.05) is 23.6 Å². The van der Waals surface area contributed by atoms with Crippen LogP contribution >= 0.6 is 23.1 Å². The van der Waals surface area contributed by atoms with Crippen molar-refractivity contribution < 1.29 is 9.53 Å². The van der Waals surface area contributed by atoms with Gasteiger partial charge in [0.05, 0.1) is 11.8 Å². The predicted octanol–water partition coefficient (Wildman–Crippen LogP) is 5.04. The first-order chi connectivity index (χ1) is 13.1. The van der Waals surface area contributed by atoms with Gasteiger partial charge in [0.25, 0.3) is 0 Å². The Labute approximate surface area is 167 Å². The van der Waals surface area contributed by atoms with Crippen molar-refractivity contribution in [2.75, 3.05) is 12.9 Å². The molecule has 1 aromatic heterocycles. The number of hydrogen-bond acceptors (Lipinski definition) is 4. The smallest absolute Gasteiger partial charge is 0.249 e. The molecule has 0 aliphatic heterocycles. The van der Waals surface area contributed by atoms with Crippen molar-refractivity contribution in [1.29, 1.82) is 0 Å². The maximum atomic E-state index is 12.5. The van der Waals surface area contributed by atoms with Crippen molar-refractivity contribution in [3.63, 3.8) is 0 Å². The number of ether oxygens (including phenoxy) is 1. The molecule has 0 atom stereocenters. The summed E-state index contributed by atoms with van der Waals surface area (Å²) in [7, 11) is 1.68. The Morgan fingerprint density at radius 3 is 2.70 bits per heavy atom. The Hall–Kier alpha value is -2.05. The van der Waals surface area contributed by atoms with Gasteiger partial charge in [-0.1, -0.05) is 42.5 Å². The van der Waals surface area contributed by atoms with Gasteiger partial charge in [0.1, 0.15) is 11.3 Å². The molecule has 27 heavy (non-hydrogen) atoms. The maximum absolute atomic E-state index is 12.5. The van der Waals surface area contributed by atoms with Crippen molar-refractivity contribution in [1.82, 2.24) is 4.57 Å². The van der Waals surface area contributed by atoms with Gasteiger partial charge in [-0.3, -0.25) is 4.79 Å². The molecule has 0 bridgehead atoms. The summed E-state index contributed by atoms with van der Waals surface area (Å²) in [5, 5.41) is 0. The maximum Gasteiger partial charge on any atom is 0.249 e. The molecule has 0 saturated heterocycles. The van der Waals surface area contributed by atoms with E-state index in [4.69, 9.17) is 4.74 Å². The summed E-state index contributed by atoms with van der Waals surface area (Å²) in [4.78, 5) is 18.8. The zero-order valence-electron chi connectivity index (χ0n) is 15.9. The molecule has 1 amide bonds. The quantitative estimate of drug-likeness (QED) is 0.522. The van der Waals surface area contributed by atoms with Crippen LogP contribution < -0.4 is 9.54 Å². The third-order valence-corrected chi connectivity index (χ3v) is 6.43. The van der Waals surface area contributed by atoms with Crippen LogP contribution in [0.5, 0.6) is 5.75 Å². The van der Waals surface area contributed by atoms with Crippen molar-refractivity contribution >= 4 is 39.2 Å². The Morgan fingerprint density at radius 1 is 1.22 bits per heavy atom. The molecule has 142 valence electrons. The number of thioether (sulfide) groups is 1. The number of fused-ring (bicyclic) bond motifs is 1. The molecular weight excluding hydrogens is 376 g/mol. The summed E-state index contributed by atoms with van der Waals surface area (Å²) >= 11 is 3.25. The first-order valence-corrected chi connectivity index (χ1v) is 10.9. The molecular formula is C21H24N2O2S2. The average molecular weight is 401 g/mol. The predicted molar refractivity (Wildman–Crippen MR) is 114 cm³/mol. The van der Waals surface area contributed by atoms with Gasteiger partial charge in [-0.25, -0.2) is 0 Å². The number of amides is 1. The number of benzene rings is 2. The highest BCUT2D eigenvalue weighted by molar-refractivity contribution is 7.99. The Morgan fingerprint density at radius 2 is 2.00 bits per heavy atom. The van der Waals surface area contributed by atoms with Crippen molar-refractivity contribution in [3.8, 4) is 5.75 Å². The second-order valence-electron chi connectivity index (χ2n) is 6.22. The lowest BCUT2D eigenvalue weighted by atomic mass is 10.2. The Balaban J connectivity index is 1.87. The third-order valence-electron chi connectivity index (χ3n) is 4.20. The number of thiazole rings is 1. The van der Waals surface area contributed by atoms with E-state index in [1.165, 1.54) is 10.5 Å². The van der Waals surface area contributed by atoms with Crippen LogP contribution in [-0.4, -0.2) is 23.3 Å². The van der Waals surface area contributed by atoms with Gasteiger partial charge in [-0.2, -0.15) is 4.99 Å². The summed E-state index contributed by atoms with van der Waals surface area (Å²) in [6, 6.07) is 14.2. The summed E-state index contributed by atoms with van der Waals surface area (Å²) < 4.78 is 8.81. The van der Waals surface area contributed by atoms with E-state index in [9.17, 15) is 4.79 Å². The zero-order chi connectivity index (χ0) is 19.2. The molecule has 0 unspecified atom stereocenters. The molecule has 0 aliphatic carbocycles. The number of carbonyl (C=O) groups excluding carboxylic acids is 1. The number of rotatable bonds is 7. The highest BCUT2D eigenvalue weighted by Gasteiger charge is 2.14. The fourth-order valence-corrected chi connectivity index (χ4v) is 4.92. The van der Waals surface area contributed by atoms with Crippen molar-refractivity contribution in [3.05, 3.63) is 52.8 Å². The second-order valence-corrected chi connectivity index (χ2v) is 8.36. The van der Waals surface area contributed by atoms with Gasteiger partial charge in [-0.05, 0) is 37.1 Å². The standard InChI is InChI=1S/C21H24N2O2S2/c1-4-13-23-19-17(25-3)11-10-15(2)20(19)27-21(23)22-18(24)12-14-26-16-8-6-5-7-9-16/h5-11H,4,12-14H2,1-3H3. The Kier molecular flexibility index (Phi) is 6.74. The molecule has 3 aromatic rings. The summed E-state index contributed by atoms with van der Waals surface area (Å²) in [5.74, 6) is 1.48. The van der Waals surface area contributed by atoms with E-state index in [1.807, 2.05) is 24.3 Å². The molecule has 0 spiro atoms. The van der Waals surface area contributed by atoms with E-state index in [-0.39, 0.29) is 5.91 Å². The molecule has 2 aromatic carbocycles. The lowest BCUT2D eigenvalue weighted by molar-refractivity contribution is -0.117. The lowest BCUT2D eigenvalue weighted by Gasteiger charge is -2.08. The van der Waals surface area contributed by atoms with Crippen molar-refractivity contribution in [2.45, 2.75) is 38.1 Å². The average Bonchev–Trinajstić information content (AvgIpc) is 3.02. The minimum atomic E-state index is -0.0774. The van der Waals surface area contributed by atoms with Gasteiger partial charge >= 0.3 is 0 Å². The number of nitrogens with zero attached hydrogens (tertiary/aromatic N) is 2. The van der Waals surface area contributed by atoms with Gasteiger partial charge in [0.15, 0.2) is 4.80 Å². The molecule has 0 N–H and O–H groups in total. The van der Waals surface area contributed by atoms with Crippen molar-refractivity contribution in [2.24, 2.45) is 4.99 Å². The molecule has 6 heteroatoms. The van der Waals surface area contributed by atoms with E-state index in [1.54, 1.807) is 30.2 Å². The zero-order valence-corrected chi connectivity index (χ0v) is 17.5. The van der Waals surface area contributed by atoms with E-state index >= 15 is 0 Å². The SMILES string of the molecule is CCCn1c(=NC(=O)CCSc2ccccc2)sc2c(C)ccc(OC)c21.